The Hall–Kier alpha value is -2.66. The fraction of sp³-hybridized carbons (Fsp3) is 0.273. The first kappa shape index (κ1) is 20.6. The SMILES string of the molecule is CC(C)(C)[Si](C)(C)O/C(=C\C=C/c1ccc([N+](=O)[O-])cc1)c1ccccc1. The molecule has 0 aliphatic rings. The molecule has 5 heteroatoms. The van der Waals surface area contributed by atoms with Crippen LogP contribution in [-0.4, -0.2) is 13.2 Å². The summed E-state index contributed by atoms with van der Waals surface area (Å²) in [6.45, 7) is 11.1. The monoisotopic (exact) mass is 381 g/mol. The second kappa shape index (κ2) is 8.35. The minimum absolute atomic E-state index is 0.0916. The van der Waals surface area contributed by atoms with Gasteiger partial charge in [0.05, 0.1) is 4.92 Å². The standard InChI is InChI=1S/C22H27NO3Si/c1-22(2,3)27(4,5)26-21(19-11-7-6-8-12-19)13-9-10-18-14-16-20(17-15-18)23(24)25/h6-17H,1-5H3/b10-9-,21-13-. The van der Waals surface area contributed by atoms with Gasteiger partial charge in [-0.3, -0.25) is 10.1 Å². The number of nitro groups is 1. The second-order valence-corrected chi connectivity index (χ2v) is 12.7. The molecule has 0 amide bonds. The van der Waals surface area contributed by atoms with Crippen molar-refractivity contribution in [1.82, 2.24) is 0 Å². The first-order valence-corrected chi connectivity index (χ1v) is 11.9. The molecule has 27 heavy (non-hydrogen) atoms. The van der Waals surface area contributed by atoms with Crippen molar-refractivity contribution in [3.63, 3.8) is 0 Å². The summed E-state index contributed by atoms with van der Waals surface area (Å²) in [5, 5.41) is 10.9. The van der Waals surface area contributed by atoms with Crippen LogP contribution >= 0.6 is 0 Å². The summed E-state index contributed by atoms with van der Waals surface area (Å²) >= 11 is 0. The summed E-state index contributed by atoms with van der Waals surface area (Å²) < 4.78 is 6.54. The lowest BCUT2D eigenvalue weighted by atomic mass is 10.1. The van der Waals surface area contributed by atoms with Crippen LogP contribution in [0.4, 0.5) is 5.69 Å². The summed E-state index contributed by atoms with van der Waals surface area (Å²) in [6.07, 6.45) is 5.82. The molecule has 2 rings (SSSR count). The maximum atomic E-state index is 10.8. The highest BCUT2D eigenvalue weighted by atomic mass is 28.4. The van der Waals surface area contributed by atoms with Crippen LogP contribution < -0.4 is 0 Å². The molecule has 0 saturated carbocycles. The summed E-state index contributed by atoms with van der Waals surface area (Å²) in [5.74, 6) is 0.848. The van der Waals surface area contributed by atoms with E-state index in [4.69, 9.17) is 4.43 Å². The molecule has 0 unspecified atom stereocenters. The Bertz CT molecular complexity index is 832. The molecule has 4 nitrogen and oxygen atoms in total. The lowest BCUT2D eigenvalue weighted by Crippen LogP contribution is -2.40. The van der Waals surface area contributed by atoms with Gasteiger partial charge in [-0.15, -0.1) is 0 Å². The first-order valence-electron chi connectivity index (χ1n) is 8.97. The van der Waals surface area contributed by atoms with Gasteiger partial charge < -0.3 is 4.43 Å². The number of hydrogen-bond donors (Lipinski definition) is 0. The molecule has 2 aromatic rings. The number of non-ortho nitro benzene ring substituents is 1. The van der Waals surface area contributed by atoms with E-state index in [1.54, 1.807) is 12.1 Å². The van der Waals surface area contributed by atoms with Crippen LogP contribution in [0.25, 0.3) is 11.8 Å². The summed E-state index contributed by atoms with van der Waals surface area (Å²) in [5.41, 5.74) is 2.03. The van der Waals surface area contributed by atoms with Gasteiger partial charge in [-0.05, 0) is 41.9 Å². The van der Waals surface area contributed by atoms with Crippen LogP contribution in [0.5, 0.6) is 0 Å². The molecule has 142 valence electrons. The number of allylic oxidation sites excluding steroid dienone is 2. The Kier molecular flexibility index (Phi) is 6.39. The Balaban J connectivity index is 2.29. The van der Waals surface area contributed by atoms with E-state index < -0.39 is 13.2 Å². The predicted octanol–water partition coefficient (Wildman–Crippen LogP) is 6.67. The Labute approximate surface area is 162 Å². The number of rotatable bonds is 6. The van der Waals surface area contributed by atoms with Gasteiger partial charge in [0.2, 0.25) is 0 Å². The molecule has 0 fully saturated rings. The molecule has 0 spiro atoms. The Morgan fingerprint density at radius 1 is 1.04 bits per heavy atom. The number of hydrogen-bond acceptors (Lipinski definition) is 3. The first-order chi connectivity index (χ1) is 12.6. The van der Waals surface area contributed by atoms with Crippen molar-refractivity contribution in [2.45, 2.75) is 38.9 Å². The average Bonchev–Trinajstić information content (AvgIpc) is 2.61. The van der Waals surface area contributed by atoms with Crippen LogP contribution in [0, 0.1) is 10.1 Å². The third-order valence-electron chi connectivity index (χ3n) is 4.87. The van der Waals surface area contributed by atoms with Gasteiger partial charge in [0, 0.05) is 17.7 Å². The lowest BCUT2D eigenvalue weighted by molar-refractivity contribution is -0.384. The van der Waals surface area contributed by atoms with E-state index in [0.717, 1.165) is 16.9 Å². The van der Waals surface area contributed by atoms with Crippen LogP contribution in [-0.2, 0) is 4.43 Å². The smallest absolute Gasteiger partial charge is 0.269 e. The average molecular weight is 382 g/mol. The maximum Gasteiger partial charge on any atom is 0.269 e. The highest BCUT2D eigenvalue weighted by Crippen LogP contribution is 2.39. The van der Waals surface area contributed by atoms with E-state index in [9.17, 15) is 10.1 Å². The van der Waals surface area contributed by atoms with Gasteiger partial charge in [-0.25, -0.2) is 0 Å². The van der Waals surface area contributed by atoms with Crippen molar-refractivity contribution in [3.05, 3.63) is 88.0 Å². The molecular formula is C22H27NO3Si. The van der Waals surface area contributed by atoms with Crippen LogP contribution in [0.3, 0.4) is 0 Å². The van der Waals surface area contributed by atoms with E-state index in [1.807, 2.05) is 48.6 Å². The zero-order valence-corrected chi connectivity index (χ0v) is 17.6. The van der Waals surface area contributed by atoms with Crippen molar-refractivity contribution >= 4 is 25.8 Å². The van der Waals surface area contributed by atoms with E-state index in [0.29, 0.717) is 0 Å². The molecule has 2 aromatic carbocycles. The highest BCUT2D eigenvalue weighted by Gasteiger charge is 2.39. The summed E-state index contributed by atoms with van der Waals surface area (Å²) in [7, 11) is -1.98. The largest absolute Gasteiger partial charge is 0.543 e. The third-order valence-corrected chi connectivity index (χ3v) is 9.21. The Morgan fingerprint density at radius 3 is 2.15 bits per heavy atom. The molecule has 0 saturated heterocycles. The molecule has 0 bridgehead atoms. The second-order valence-electron chi connectivity index (χ2n) is 7.97. The zero-order valence-electron chi connectivity index (χ0n) is 16.6. The molecule has 0 heterocycles. The minimum atomic E-state index is -1.98. The fourth-order valence-corrected chi connectivity index (χ4v) is 3.22. The van der Waals surface area contributed by atoms with Crippen molar-refractivity contribution in [2.24, 2.45) is 0 Å². The molecule has 0 aromatic heterocycles. The van der Waals surface area contributed by atoms with Crippen molar-refractivity contribution < 1.29 is 9.35 Å². The minimum Gasteiger partial charge on any atom is -0.543 e. The van der Waals surface area contributed by atoms with Crippen molar-refractivity contribution in [2.75, 3.05) is 0 Å². The topological polar surface area (TPSA) is 52.4 Å². The molecule has 0 radical (unpaired) electrons. The van der Waals surface area contributed by atoms with Gasteiger partial charge in [0.1, 0.15) is 5.76 Å². The molecule has 0 atom stereocenters. The van der Waals surface area contributed by atoms with Crippen molar-refractivity contribution in [3.8, 4) is 0 Å². The summed E-state index contributed by atoms with van der Waals surface area (Å²) in [4.78, 5) is 10.4. The fourth-order valence-electron chi connectivity index (χ4n) is 2.17. The predicted molar refractivity (Wildman–Crippen MR) is 115 cm³/mol. The van der Waals surface area contributed by atoms with Gasteiger partial charge in [-0.2, -0.15) is 0 Å². The van der Waals surface area contributed by atoms with E-state index in [-0.39, 0.29) is 10.7 Å². The Morgan fingerprint density at radius 2 is 1.63 bits per heavy atom. The van der Waals surface area contributed by atoms with Gasteiger partial charge in [0.15, 0.2) is 0 Å². The molecular weight excluding hydrogens is 354 g/mol. The molecule has 0 aliphatic heterocycles. The molecule has 0 aliphatic carbocycles. The zero-order chi connectivity index (χ0) is 20.1. The van der Waals surface area contributed by atoms with Crippen molar-refractivity contribution in [1.29, 1.82) is 0 Å². The number of nitrogens with zero attached hydrogens (tertiary/aromatic N) is 1. The van der Waals surface area contributed by atoms with E-state index in [2.05, 4.69) is 33.9 Å². The van der Waals surface area contributed by atoms with Gasteiger partial charge in [-0.1, -0.05) is 63.3 Å². The third kappa shape index (κ3) is 5.66. The number of nitro benzene ring substituents is 1. The molecule has 0 N–H and O–H groups in total. The van der Waals surface area contributed by atoms with Crippen LogP contribution in [0.2, 0.25) is 18.1 Å². The maximum absolute atomic E-state index is 10.8. The highest BCUT2D eigenvalue weighted by molar-refractivity contribution is 6.74. The van der Waals surface area contributed by atoms with Gasteiger partial charge >= 0.3 is 0 Å². The van der Waals surface area contributed by atoms with E-state index >= 15 is 0 Å². The van der Waals surface area contributed by atoms with Crippen LogP contribution in [0.15, 0.2) is 66.7 Å². The van der Waals surface area contributed by atoms with Crippen LogP contribution in [0.1, 0.15) is 31.9 Å². The summed E-state index contributed by atoms with van der Waals surface area (Å²) in [6, 6.07) is 16.5. The van der Waals surface area contributed by atoms with E-state index in [1.165, 1.54) is 12.1 Å². The lowest BCUT2D eigenvalue weighted by Gasteiger charge is -2.37. The quantitative estimate of drug-likeness (QED) is 0.184. The van der Waals surface area contributed by atoms with Gasteiger partial charge in [0.25, 0.3) is 14.0 Å². The number of benzene rings is 2. The normalized spacial score (nSPS) is 13.0.